The maximum absolute atomic E-state index is 6.00. The van der Waals surface area contributed by atoms with Gasteiger partial charge in [0.15, 0.2) is 0 Å². The lowest BCUT2D eigenvalue weighted by molar-refractivity contribution is 0.105. The number of hydrogen-bond acceptors (Lipinski definition) is 1. The molecule has 0 aliphatic carbocycles. The highest BCUT2D eigenvalue weighted by atomic mass is 16.5. The minimum Gasteiger partial charge on any atom is -0.488 e. The van der Waals surface area contributed by atoms with Crippen molar-refractivity contribution < 1.29 is 4.74 Å². The molecule has 0 fully saturated rings. The molecule has 1 unspecified atom stereocenters. The summed E-state index contributed by atoms with van der Waals surface area (Å²) in [4.78, 5) is 0. The first kappa shape index (κ1) is 16.1. The summed E-state index contributed by atoms with van der Waals surface area (Å²) in [7, 11) is 0. The van der Waals surface area contributed by atoms with E-state index in [4.69, 9.17) is 4.74 Å². The van der Waals surface area contributed by atoms with E-state index in [0.29, 0.717) is 11.3 Å². The van der Waals surface area contributed by atoms with Gasteiger partial charge in [0, 0.05) is 0 Å². The zero-order valence-corrected chi connectivity index (χ0v) is 13.7. The SMILES string of the molecule is CCC(c1ccc(OC(C)(C)CC)cc1)C(C)(C)C. The monoisotopic (exact) mass is 262 g/mol. The van der Waals surface area contributed by atoms with Gasteiger partial charge in [0.1, 0.15) is 11.4 Å². The number of hydrogen-bond donors (Lipinski definition) is 0. The molecule has 0 aliphatic heterocycles. The minimum absolute atomic E-state index is 0.0876. The highest BCUT2D eigenvalue weighted by molar-refractivity contribution is 5.30. The second-order valence-electron chi connectivity index (χ2n) is 7.11. The van der Waals surface area contributed by atoms with Gasteiger partial charge < -0.3 is 4.74 Å². The Morgan fingerprint density at radius 1 is 0.947 bits per heavy atom. The van der Waals surface area contributed by atoms with E-state index in [0.717, 1.165) is 12.2 Å². The molecule has 0 aromatic heterocycles. The molecule has 0 saturated carbocycles. The fraction of sp³-hybridized carbons (Fsp3) is 0.667. The molecule has 1 heteroatoms. The van der Waals surface area contributed by atoms with Crippen LogP contribution in [0.15, 0.2) is 24.3 Å². The van der Waals surface area contributed by atoms with E-state index in [2.05, 4.69) is 72.7 Å². The Hall–Kier alpha value is -0.980. The average molecular weight is 262 g/mol. The molecule has 0 bridgehead atoms. The smallest absolute Gasteiger partial charge is 0.120 e. The molecule has 1 atom stereocenters. The lowest BCUT2D eigenvalue weighted by atomic mass is 9.75. The van der Waals surface area contributed by atoms with Crippen LogP contribution >= 0.6 is 0 Å². The summed E-state index contributed by atoms with van der Waals surface area (Å²) in [5, 5.41) is 0. The molecule has 0 aliphatic rings. The van der Waals surface area contributed by atoms with Gasteiger partial charge >= 0.3 is 0 Å². The van der Waals surface area contributed by atoms with Crippen LogP contribution in [0.3, 0.4) is 0 Å². The molecule has 1 nitrogen and oxygen atoms in total. The fourth-order valence-corrected chi connectivity index (χ4v) is 2.51. The van der Waals surface area contributed by atoms with E-state index in [-0.39, 0.29) is 5.60 Å². The van der Waals surface area contributed by atoms with E-state index in [1.54, 1.807) is 0 Å². The van der Waals surface area contributed by atoms with Gasteiger partial charge in [-0.1, -0.05) is 46.8 Å². The highest BCUT2D eigenvalue weighted by Gasteiger charge is 2.24. The van der Waals surface area contributed by atoms with Gasteiger partial charge in [-0.3, -0.25) is 0 Å². The van der Waals surface area contributed by atoms with Gasteiger partial charge in [-0.25, -0.2) is 0 Å². The van der Waals surface area contributed by atoms with Crippen molar-refractivity contribution in [1.82, 2.24) is 0 Å². The molecule has 0 saturated heterocycles. The van der Waals surface area contributed by atoms with Gasteiger partial charge in [0.2, 0.25) is 0 Å². The Morgan fingerprint density at radius 2 is 1.47 bits per heavy atom. The van der Waals surface area contributed by atoms with Crippen LogP contribution in [0.2, 0.25) is 0 Å². The van der Waals surface area contributed by atoms with Crippen molar-refractivity contribution >= 4 is 0 Å². The van der Waals surface area contributed by atoms with Crippen molar-refractivity contribution in [3.8, 4) is 5.75 Å². The van der Waals surface area contributed by atoms with Crippen molar-refractivity contribution in [2.24, 2.45) is 5.41 Å². The molecule has 1 aromatic carbocycles. The first-order valence-corrected chi connectivity index (χ1v) is 7.48. The number of rotatable bonds is 5. The van der Waals surface area contributed by atoms with Crippen molar-refractivity contribution in [1.29, 1.82) is 0 Å². The molecule has 0 heterocycles. The topological polar surface area (TPSA) is 9.23 Å². The summed E-state index contributed by atoms with van der Waals surface area (Å²) in [6.07, 6.45) is 2.18. The van der Waals surface area contributed by atoms with Crippen molar-refractivity contribution in [3.05, 3.63) is 29.8 Å². The molecule has 1 aromatic rings. The minimum atomic E-state index is -0.0876. The normalized spacial score (nSPS) is 14.3. The molecule has 0 amide bonds. The van der Waals surface area contributed by atoms with E-state index in [1.165, 1.54) is 12.0 Å². The Morgan fingerprint density at radius 3 is 1.84 bits per heavy atom. The van der Waals surface area contributed by atoms with Crippen LogP contribution in [-0.2, 0) is 0 Å². The number of benzene rings is 1. The summed E-state index contributed by atoms with van der Waals surface area (Å²) in [5.41, 5.74) is 1.63. The Kier molecular flexibility index (Phi) is 5.06. The third kappa shape index (κ3) is 4.56. The van der Waals surface area contributed by atoms with Crippen LogP contribution in [0, 0.1) is 5.41 Å². The summed E-state index contributed by atoms with van der Waals surface area (Å²) in [6.45, 7) is 15.6. The molecule has 0 spiro atoms. The average Bonchev–Trinajstić information content (AvgIpc) is 2.30. The zero-order chi connectivity index (χ0) is 14.7. The van der Waals surface area contributed by atoms with Crippen LogP contribution in [-0.4, -0.2) is 5.60 Å². The molecular weight excluding hydrogens is 232 g/mol. The molecular formula is C18H30O. The second-order valence-corrected chi connectivity index (χ2v) is 7.11. The van der Waals surface area contributed by atoms with Crippen LogP contribution in [0.1, 0.15) is 72.8 Å². The Bertz CT molecular complexity index is 381. The molecule has 108 valence electrons. The summed E-state index contributed by atoms with van der Waals surface area (Å²) in [6, 6.07) is 8.67. The van der Waals surface area contributed by atoms with Gasteiger partial charge in [-0.2, -0.15) is 0 Å². The predicted molar refractivity (Wildman–Crippen MR) is 83.9 cm³/mol. The van der Waals surface area contributed by atoms with E-state index >= 15 is 0 Å². The Balaban J connectivity index is 2.87. The summed E-state index contributed by atoms with van der Waals surface area (Å²) in [5.74, 6) is 1.57. The van der Waals surface area contributed by atoms with Gasteiger partial charge in [-0.05, 0) is 55.7 Å². The van der Waals surface area contributed by atoms with Crippen molar-refractivity contribution in [3.63, 3.8) is 0 Å². The highest BCUT2D eigenvalue weighted by Crippen LogP contribution is 2.38. The standard InChI is InChI=1S/C18H30O/c1-8-16(17(3,4)5)14-10-12-15(13-11-14)19-18(6,7)9-2/h10-13,16H,8-9H2,1-7H3. The maximum Gasteiger partial charge on any atom is 0.120 e. The maximum atomic E-state index is 6.00. The predicted octanol–water partition coefficient (Wildman–Crippen LogP) is 5.79. The van der Waals surface area contributed by atoms with Crippen LogP contribution in [0.25, 0.3) is 0 Å². The third-order valence-electron chi connectivity index (χ3n) is 3.98. The van der Waals surface area contributed by atoms with Crippen LogP contribution in [0.5, 0.6) is 5.75 Å². The van der Waals surface area contributed by atoms with Gasteiger partial charge in [0.05, 0.1) is 0 Å². The summed E-state index contributed by atoms with van der Waals surface area (Å²) >= 11 is 0. The van der Waals surface area contributed by atoms with Gasteiger partial charge in [0.25, 0.3) is 0 Å². The summed E-state index contributed by atoms with van der Waals surface area (Å²) < 4.78 is 6.00. The lowest BCUT2D eigenvalue weighted by Gasteiger charge is -2.31. The Labute approximate surface area is 119 Å². The first-order chi connectivity index (χ1) is 8.69. The van der Waals surface area contributed by atoms with Crippen molar-refractivity contribution in [2.45, 2.75) is 72.8 Å². The zero-order valence-electron chi connectivity index (χ0n) is 13.7. The van der Waals surface area contributed by atoms with Crippen molar-refractivity contribution in [2.75, 3.05) is 0 Å². The quantitative estimate of drug-likeness (QED) is 0.652. The van der Waals surface area contributed by atoms with E-state index in [9.17, 15) is 0 Å². The molecule has 19 heavy (non-hydrogen) atoms. The largest absolute Gasteiger partial charge is 0.488 e. The van der Waals surface area contributed by atoms with E-state index in [1.807, 2.05) is 0 Å². The number of ether oxygens (including phenoxy) is 1. The lowest BCUT2D eigenvalue weighted by Crippen LogP contribution is -2.26. The van der Waals surface area contributed by atoms with E-state index < -0.39 is 0 Å². The third-order valence-corrected chi connectivity index (χ3v) is 3.98. The second kappa shape index (κ2) is 5.98. The molecule has 0 radical (unpaired) electrons. The van der Waals surface area contributed by atoms with Gasteiger partial charge in [-0.15, -0.1) is 0 Å². The van der Waals surface area contributed by atoms with Crippen LogP contribution in [0.4, 0.5) is 0 Å². The molecule has 0 N–H and O–H groups in total. The fourth-order valence-electron chi connectivity index (χ4n) is 2.51. The van der Waals surface area contributed by atoms with Crippen LogP contribution < -0.4 is 4.74 Å². The first-order valence-electron chi connectivity index (χ1n) is 7.48. The molecule has 1 rings (SSSR count).